The van der Waals surface area contributed by atoms with Gasteiger partial charge in [0.05, 0.1) is 12.1 Å². The molecule has 2 amide bonds. The third kappa shape index (κ3) is 6.92. The second-order valence-electron chi connectivity index (χ2n) is 7.07. The molecule has 30 heavy (non-hydrogen) atoms. The van der Waals surface area contributed by atoms with Gasteiger partial charge in [-0.15, -0.1) is 0 Å². The van der Waals surface area contributed by atoms with Crippen molar-refractivity contribution < 1.29 is 19.1 Å². The molecule has 0 unspecified atom stereocenters. The summed E-state index contributed by atoms with van der Waals surface area (Å²) in [7, 11) is 1.59. The topological polar surface area (TPSA) is 67.9 Å². The van der Waals surface area contributed by atoms with Crippen LogP contribution in [0.5, 0.6) is 11.5 Å². The first-order chi connectivity index (χ1) is 14.2. The maximum atomic E-state index is 13.0. The van der Waals surface area contributed by atoms with E-state index < -0.39 is 6.04 Å². The number of carbonyl (C=O) groups excluding carboxylic acids is 2. The molecule has 0 aliphatic heterocycles. The first-order valence-corrected chi connectivity index (χ1v) is 10.7. The largest absolute Gasteiger partial charge is 0.497 e. The van der Waals surface area contributed by atoms with Crippen molar-refractivity contribution in [2.75, 3.05) is 13.7 Å². The maximum absolute atomic E-state index is 13.0. The molecule has 0 heterocycles. The SMILES string of the molecule is COc1ccc(CN(C(=O)COc2ccc(Br)cc2Cl)[C@@H](C)C(=O)NC(C)C)cc1. The number of ether oxygens (including phenoxy) is 2. The van der Waals surface area contributed by atoms with Gasteiger partial charge in [-0.2, -0.15) is 0 Å². The fraction of sp³-hybridized carbons (Fsp3) is 0.364. The third-order valence-electron chi connectivity index (χ3n) is 4.36. The van der Waals surface area contributed by atoms with Crippen LogP contribution in [0.1, 0.15) is 26.3 Å². The van der Waals surface area contributed by atoms with Gasteiger partial charge >= 0.3 is 0 Å². The molecule has 8 heteroatoms. The molecule has 0 aliphatic carbocycles. The van der Waals surface area contributed by atoms with E-state index in [9.17, 15) is 9.59 Å². The number of benzene rings is 2. The highest BCUT2D eigenvalue weighted by atomic mass is 79.9. The van der Waals surface area contributed by atoms with Gasteiger partial charge in [0.2, 0.25) is 5.91 Å². The van der Waals surface area contributed by atoms with E-state index in [1.54, 1.807) is 32.2 Å². The first kappa shape index (κ1) is 24.0. The number of methoxy groups -OCH3 is 1. The molecule has 0 radical (unpaired) electrons. The average molecular weight is 498 g/mol. The van der Waals surface area contributed by atoms with Crippen LogP contribution in [0.4, 0.5) is 0 Å². The van der Waals surface area contributed by atoms with E-state index in [0.29, 0.717) is 10.8 Å². The van der Waals surface area contributed by atoms with Crippen LogP contribution in [0.3, 0.4) is 0 Å². The molecule has 1 N–H and O–H groups in total. The van der Waals surface area contributed by atoms with Gasteiger partial charge in [-0.3, -0.25) is 9.59 Å². The van der Waals surface area contributed by atoms with E-state index in [4.69, 9.17) is 21.1 Å². The number of hydrogen-bond donors (Lipinski definition) is 1. The summed E-state index contributed by atoms with van der Waals surface area (Å²) in [4.78, 5) is 27.1. The fourth-order valence-electron chi connectivity index (χ4n) is 2.73. The summed E-state index contributed by atoms with van der Waals surface area (Å²) in [5.41, 5.74) is 0.870. The molecule has 2 rings (SSSR count). The van der Waals surface area contributed by atoms with Gasteiger partial charge in [0.1, 0.15) is 17.5 Å². The minimum Gasteiger partial charge on any atom is -0.497 e. The average Bonchev–Trinajstić information content (AvgIpc) is 2.70. The lowest BCUT2D eigenvalue weighted by atomic mass is 10.1. The minimum absolute atomic E-state index is 0.0317. The maximum Gasteiger partial charge on any atom is 0.261 e. The Hall–Kier alpha value is -2.25. The zero-order chi connectivity index (χ0) is 22.3. The Morgan fingerprint density at radius 2 is 1.80 bits per heavy atom. The van der Waals surface area contributed by atoms with Crippen LogP contribution in [0.25, 0.3) is 0 Å². The van der Waals surface area contributed by atoms with Crippen molar-refractivity contribution >= 4 is 39.3 Å². The van der Waals surface area contributed by atoms with E-state index >= 15 is 0 Å². The summed E-state index contributed by atoms with van der Waals surface area (Å²) in [6.45, 7) is 5.47. The minimum atomic E-state index is -0.675. The first-order valence-electron chi connectivity index (χ1n) is 9.52. The molecular weight excluding hydrogens is 472 g/mol. The van der Waals surface area contributed by atoms with Crippen LogP contribution in [0.15, 0.2) is 46.9 Å². The van der Waals surface area contributed by atoms with Crippen LogP contribution < -0.4 is 14.8 Å². The molecule has 0 saturated heterocycles. The van der Waals surface area contributed by atoms with Gasteiger partial charge in [0.25, 0.3) is 5.91 Å². The Morgan fingerprint density at radius 1 is 1.13 bits per heavy atom. The summed E-state index contributed by atoms with van der Waals surface area (Å²) >= 11 is 9.50. The summed E-state index contributed by atoms with van der Waals surface area (Å²) < 4.78 is 11.6. The van der Waals surface area contributed by atoms with Crippen LogP contribution in [0, 0.1) is 0 Å². The molecule has 0 fully saturated rings. The summed E-state index contributed by atoms with van der Waals surface area (Å²) in [5, 5.41) is 3.24. The van der Waals surface area contributed by atoms with Gasteiger partial charge in [-0.25, -0.2) is 0 Å². The van der Waals surface area contributed by atoms with Crippen LogP contribution >= 0.6 is 27.5 Å². The molecule has 162 valence electrons. The van der Waals surface area contributed by atoms with E-state index in [2.05, 4.69) is 21.2 Å². The van der Waals surface area contributed by atoms with Crippen molar-refractivity contribution in [3.8, 4) is 11.5 Å². The molecule has 1 atom stereocenters. The van der Waals surface area contributed by atoms with Crippen molar-refractivity contribution in [2.24, 2.45) is 0 Å². The fourth-order valence-corrected chi connectivity index (χ4v) is 3.46. The second kappa shape index (κ2) is 11.2. The molecule has 2 aromatic carbocycles. The molecule has 6 nitrogen and oxygen atoms in total. The molecule has 2 aromatic rings. The number of nitrogens with zero attached hydrogens (tertiary/aromatic N) is 1. The van der Waals surface area contributed by atoms with Crippen LogP contribution in [0.2, 0.25) is 5.02 Å². The van der Waals surface area contributed by atoms with Crippen molar-refractivity contribution in [1.82, 2.24) is 10.2 Å². The number of amides is 2. The lowest BCUT2D eigenvalue weighted by molar-refractivity contribution is -0.142. The molecule has 0 aromatic heterocycles. The van der Waals surface area contributed by atoms with Crippen molar-refractivity contribution in [3.05, 3.63) is 57.5 Å². The smallest absolute Gasteiger partial charge is 0.261 e. The van der Waals surface area contributed by atoms with Crippen molar-refractivity contribution in [3.63, 3.8) is 0 Å². The Labute approximate surface area is 190 Å². The molecule has 0 spiro atoms. The summed E-state index contributed by atoms with van der Waals surface area (Å²) in [6, 6.07) is 11.8. The van der Waals surface area contributed by atoms with E-state index in [1.807, 2.05) is 38.1 Å². The monoisotopic (exact) mass is 496 g/mol. The zero-order valence-electron chi connectivity index (χ0n) is 17.4. The van der Waals surface area contributed by atoms with E-state index in [1.165, 1.54) is 4.90 Å². The Bertz CT molecular complexity index is 874. The summed E-state index contributed by atoms with van der Waals surface area (Å²) in [5.74, 6) is 0.567. The van der Waals surface area contributed by atoms with Crippen molar-refractivity contribution in [1.29, 1.82) is 0 Å². The summed E-state index contributed by atoms with van der Waals surface area (Å²) in [6.07, 6.45) is 0. The van der Waals surface area contributed by atoms with Gasteiger partial charge in [0, 0.05) is 17.1 Å². The van der Waals surface area contributed by atoms with Crippen LogP contribution in [-0.4, -0.2) is 42.5 Å². The highest BCUT2D eigenvalue weighted by Crippen LogP contribution is 2.27. The standard InChI is InChI=1S/C22H26BrClN2O4/c1-14(2)25-22(28)15(3)26(12-16-5-8-18(29-4)9-6-16)21(27)13-30-20-10-7-17(23)11-19(20)24/h5-11,14-15H,12-13H2,1-4H3,(H,25,28)/t15-/m0/s1. The number of hydrogen-bond acceptors (Lipinski definition) is 4. The number of halogens is 2. The third-order valence-corrected chi connectivity index (χ3v) is 5.14. The Balaban J connectivity index is 2.17. The van der Waals surface area contributed by atoms with E-state index in [0.717, 1.165) is 15.8 Å². The van der Waals surface area contributed by atoms with E-state index in [-0.39, 0.29) is 31.0 Å². The highest BCUT2D eigenvalue weighted by molar-refractivity contribution is 9.10. The second-order valence-corrected chi connectivity index (χ2v) is 8.40. The lowest BCUT2D eigenvalue weighted by Gasteiger charge is -2.29. The predicted octanol–water partition coefficient (Wildman–Crippen LogP) is 4.43. The number of carbonyl (C=O) groups is 2. The molecule has 0 aliphatic rings. The lowest BCUT2D eigenvalue weighted by Crippen LogP contribution is -2.50. The van der Waals surface area contributed by atoms with Crippen molar-refractivity contribution in [2.45, 2.75) is 39.4 Å². The molecular formula is C22H26BrClN2O4. The predicted molar refractivity (Wildman–Crippen MR) is 121 cm³/mol. The van der Waals surface area contributed by atoms with Gasteiger partial charge < -0.3 is 19.7 Å². The van der Waals surface area contributed by atoms with Crippen LogP contribution in [-0.2, 0) is 16.1 Å². The number of nitrogens with one attached hydrogen (secondary N) is 1. The number of rotatable bonds is 9. The van der Waals surface area contributed by atoms with Gasteiger partial charge in [0.15, 0.2) is 6.61 Å². The highest BCUT2D eigenvalue weighted by Gasteiger charge is 2.27. The quantitative estimate of drug-likeness (QED) is 0.556. The van der Waals surface area contributed by atoms with Gasteiger partial charge in [-0.05, 0) is 56.7 Å². The molecule has 0 saturated carbocycles. The zero-order valence-corrected chi connectivity index (χ0v) is 19.8. The Morgan fingerprint density at radius 3 is 2.37 bits per heavy atom. The molecule has 0 bridgehead atoms. The van der Waals surface area contributed by atoms with Gasteiger partial charge in [-0.1, -0.05) is 39.7 Å². The normalized spacial score (nSPS) is 11.7. The Kier molecular flexibility index (Phi) is 8.99.